The Bertz CT molecular complexity index is 1310. The van der Waals surface area contributed by atoms with Gasteiger partial charge in [-0.05, 0) is 17.4 Å². The predicted molar refractivity (Wildman–Crippen MR) is 120 cm³/mol. The lowest BCUT2D eigenvalue weighted by molar-refractivity contribution is -0.728. The van der Waals surface area contributed by atoms with E-state index in [4.69, 9.17) is 36.2 Å². The van der Waals surface area contributed by atoms with Crippen LogP contribution in [0.5, 0.6) is 0 Å². The van der Waals surface area contributed by atoms with Gasteiger partial charge in [-0.15, -0.1) is 4.98 Å². The van der Waals surface area contributed by atoms with Crippen LogP contribution in [-0.2, 0) is 57.0 Å². The van der Waals surface area contributed by atoms with E-state index in [0.717, 1.165) is 0 Å². The number of phosphoric acid groups is 3. The first kappa shape index (κ1) is 28.6. The number of rotatable bonds is 11. The molecule has 3 unspecified atom stereocenters. The molecule has 0 aromatic carbocycles. The van der Waals surface area contributed by atoms with Crippen molar-refractivity contribution in [2.24, 2.45) is 0 Å². The van der Waals surface area contributed by atoms with Crippen molar-refractivity contribution in [3.8, 4) is 0 Å². The van der Waals surface area contributed by atoms with Gasteiger partial charge in [0.05, 0.1) is 18.6 Å². The van der Waals surface area contributed by atoms with Gasteiger partial charge in [0.25, 0.3) is 5.65 Å². The fourth-order valence-corrected chi connectivity index (χ4v) is 6.68. The van der Waals surface area contributed by atoms with Gasteiger partial charge in [0.1, 0.15) is 6.10 Å². The highest BCUT2D eigenvalue weighted by atomic mass is 32.8. The van der Waals surface area contributed by atoms with E-state index in [1.54, 1.807) is 6.26 Å². The van der Waals surface area contributed by atoms with Gasteiger partial charge in [-0.2, -0.15) is 13.2 Å². The summed E-state index contributed by atoms with van der Waals surface area (Å²) in [6.45, 7) is -0.743. The maximum Gasteiger partial charge on any atom is 0.490 e. The van der Waals surface area contributed by atoms with Crippen LogP contribution in [0.15, 0.2) is 11.1 Å². The van der Waals surface area contributed by atoms with Crippen molar-refractivity contribution in [2.45, 2.75) is 24.9 Å². The van der Waals surface area contributed by atoms with Gasteiger partial charge in [0, 0.05) is 6.42 Å². The number of nitrogens with two attached hydrogens (primary N) is 1. The van der Waals surface area contributed by atoms with Gasteiger partial charge < -0.3 is 39.8 Å². The van der Waals surface area contributed by atoms with Gasteiger partial charge in [-0.25, -0.2) is 18.7 Å². The van der Waals surface area contributed by atoms with E-state index in [-0.39, 0.29) is 29.5 Å². The first-order chi connectivity index (χ1) is 16.1. The molecule has 2 aromatic rings. The maximum absolute atomic E-state index is 12.1. The summed E-state index contributed by atoms with van der Waals surface area (Å²) in [7, 11) is -17.2. The number of imidazole rings is 1. The lowest BCUT2D eigenvalue weighted by Gasteiger charge is -2.21. The summed E-state index contributed by atoms with van der Waals surface area (Å²) in [6, 6.07) is 0. The molecule has 23 heteroatoms. The molecule has 3 rings (SSSR count). The van der Waals surface area contributed by atoms with Gasteiger partial charge >= 0.3 is 35.0 Å². The van der Waals surface area contributed by atoms with Crippen LogP contribution in [0, 0.1) is 0 Å². The van der Waals surface area contributed by atoms with Gasteiger partial charge in [-0.1, -0.05) is 9.45 Å². The van der Waals surface area contributed by atoms with Crippen LogP contribution in [0.2, 0.25) is 0 Å². The molecule has 1 aliphatic heterocycles. The molecule has 0 spiro atoms. The number of phosphoric ester groups is 1. The minimum Gasteiger partial charge on any atom is -0.364 e. The number of nitrogens with zero attached hydrogens (tertiary/aromatic N) is 2. The molecule has 198 valence electrons. The second-order valence-corrected chi connectivity index (χ2v) is 14.5. The fourth-order valence-electron chi connectivity index (χ4n) is 3.12. The van der Waals surface area contributed by atoms with E-state index in [9.17, 15) is 28.3 Å². The third kappa shape index (κ3) is 7.77. The SMILES string of the molecule is CS(=S)CO[C@@H]1C[C@H]([n+]2c(N)[nH]c(=O)c3[nH]cnc32)O[C@@H]1COP(=O)(O)OP(=O)(O)OP(=O)(O)O. The van der Waals surface area contributed by atoms with Crippen molar-refractivity contribution in [3.63, 3.8) is 0 Å². The van der Waals surface area contributed by atoms with E-state index in [1.807, 2.05) is 0 Å². The second kappa shape index (κ2) is 10.8. The van der Waals surface area contributed by atoms with Gasteiger partial charge in [0.2, 0.25) is 0 Å². The number of anilines is 1. The topological polar surface area (TPSA) is 270 Å². The van der Waals surface area contributed by atoms with Crippen LogP contribution >= 0.6 is 23.5 Å². The number of aromatic amines is 2. The summed E-state index contributed by atoms with van der Waals surface area (Å²) in [5.41, 5.74) is 5.69. The van der Waals surface area contributed by atoms with E-state index in [0.29, 0.717) is 0 Å². The molecule has 0 bridgehead atoms. The van der Waals surface area contributed by atoms with E-state index in [1.165, 1.54) is 10.9 Å². The van der Waals surface area contributed by atoms with E-state index < -0.39 is 63.5 Å². The van der Waals surface area contributed by atoms with Crippen molar-refractivity contribution >= 4 is 61.2 Å². The van der Waals surface area contributed by atoms with Crippen molar-refractivity contribution in [2.75, 3.05) is 24.5 Å². The van der Waals surface area contributed by atoms with Crippen LogP contribution in [0.4, 0.5) is 5.95 Å². The Hall–Kier alpha value is -0.950. The number of ether oxygens (including phenoxy) is 2. The molecule has 8 N–H and O–H groups in total. The van der Waals surface area contributed by atoms with Crippen LogP contribution in [0.25, 0.3) is 11.2 Å². The number of H-pyrrole nitrogens is 2. The first-order valence-electron chi connectivity index (χ1n) is 9.19. The summed E-state index contributed by atoms with van der Waals surface area (Å²) in [5, 5.41) is 0. The molecule has 2 aromatic heterocycles. The lowest BCUT2D eigenvalue weighted by Crippen LogP contribution is -2.46. The molecule has 1 fully saturated rings. The molecule has 0 saturated carbocycles. The van der Waals surface area contributed by atoms with Crippen LogP contribution in [-0.4, -0.2) is 65.5 Å². The smallest absolute Gasteiger partial charge is 0.364 e. The quantitative estimate of drug-likeness (QED) is 0.118. The zero-order chi connectivity index (χ0) is 26.2. The van der Waals surface area contributed by atoms with Crippen LogP contribution in [0.1, 0.15) is 12.6 Å². The fraction of sp³-hybridized carbons (Fsp3) is 0.583. The molecular formula is C12H21N5O13P3S2+. The summed E-state index contributed by atoms with van der Waals surface area (Å²) in [4.78, 5) is 57.4. The Morgan fingerprint density at radius 2 is 1.97 bits per heavy atom. The number of fused-ring (bicyclic) bond motifs is 1. The molecule has 18 nitrogen and oxygen atoms in total. The molecule has 35 heavy (non-hydrogen) atoms. The average molecular weight is 600 g/mol. The highest BCUT2D eigenvalue weighted by Crippen LogP contribution is 2.66. The number of aromatic nitrogens is 4. The third-order valence-electron chi connectivity index (χ3n) is 4.31. The number of nitrogens with one attached hydrogen (secondary N) is 2. The Morgan fingerprint density at radius 3 is 2.60 bits per heavy atom. The molecule has 1 aliphatic rings. The molecule has 1 saturated heterocycles. The first-order valence-corrected chi connectivity index (χ1v) is 16.4. The molecule has 6 atom stereocenters. The van der Waals surface area contributed by atoms with Crippen molar-refractivity contribution in [1.82, 2.24) is 15.0 Å². The minimum absolute atomic E-state index is 0.0971. The highest BCUT2D eigenvalue weighted by Gasteiger charge is 2.44. The maximum atomic E-state index is 12.1. The Labute approximate surface area is 202 Å². The summed E-state index contributed by atoms with van der Waals surface area (Å²) in [5.74, 6) is 0.0104. The Morgan fingerprint density at radius 1 is 1.29 bits per heavy atom. The zero-order valence-electron chi connectivity index (χ0n) is 17.5. The molecule has 0 radical (unpaired) electrons. The van der Waals surface area contributed by atoms with Gasteiger partial charge in [-0.3, -0.25) is 9.32 Å². The lowest BCUT2D eigenvalue weighted by atomic mass is 10.2. The molecule has 0 amide bonds. The predicted octanol–water partition coefficient (Wildman–Crippen LogP) is -1.20. The van der Waals surface area contributed by atoms with E-state index >= 15 is 0 Å². The van der Waals surface area contributed by atoms with Crippen molar-refractivity contribution in [1.29, 1.82) is 0 Å². The minimum atomic E-state index is -5.68. The number of nitrogen functional groups attached to an aromatic ring is 1. The summed E-state index contributed by atoms with van der Waals surface area (Å²) < 4.78 is 59.3. The highest BCUT2D eigenvalue weighted by molar-refractivity contribution is 8.28. The van der Waals surface area contributed by atoms with Gasteiger partial charge in [0.15, 0.2) is 18.1 Å². The van der Waals surface area contributed by atoms with Crippen molar-refractivity contribution < 1.29 is 60.5 Å². The van der Waals surface area contributed by atoms with E-state index in [2.05, 4.69) is 28.1 Å². The Kier molecular flexibility index (Phi) is 8.84. The largest absolute Gasteiger partial charge is 0.490 e. The third-order valence-corrected chi connectivity index (χ3v) is 8.87. The van der Waals surface area contributed by atoms with Crippen LogP contribution in [0.3, 0.4) is 0 Å². The van der Waals surface area contributed by atoms with Crippen LogP contribution < -0.4 is 15.9 Å². The second-order valence-electron chi connectivity index (χ2n) is 6.96. The normalized spacial score (nSPS) is 25.3. The van der Waals surface area contributed by atoms with Crippen molar-refractivity contribution in [3.05, 3.63) is 16.7 Å². The average Bonchev–Trinajstić information content (AvgIpc) is 3.29. The summed E-state index contributed by atoms with van der Waals surface area (Å²) in [6.07, 6.45) is 0.312. The molecule has 0 aliphatic carbocycles. The monoisotopic (exact) mass is 600 g/mol. The molecule has 3 heterocycles. The standard InChI is InChI=1S/C12H20N5O13P3S2/c1-35(34)5-26-6-2-8(17-10-9(14-4-15-10)11(18)16-12(17)13)28-7(6)3-27-32(22,23)30-33(24,25)29-31(19,20)21/h4,6-8H,2-3,5H2,1H3,(H7,13,14,15,16,18,19,20,21,22,23,24,25)/p+1/t6-,7-,8-,35?/m1/s1. The zero-order valence-corrected chi connectivity index (χ0v) is 21.8. The number of hydrogen-bond donors (Lipinski definition) is 7. The Balaban J connectivity index is 1.79. The number of hydrogen-bond acceptors (Lipinski definition) is 12. The molecular weight excluding hydrogens is 579 g/mol. The summed E-state index contributed by atoms with van der Waals surface area (Å²) >= 11 is 5.10.